The molecule has 10 heteroatoms. The van der Waals surface area contributed by atoms with Crippen molar-refractivity contribution in [2.24, 2.45) is 0 Å². The van der Waals surface area contributed by atoms with Gasteiger partial charge in [-0.1, -0.05) is 0 Å². The topological polar surface area (TPSA) is 73.2 Å². The molecule has 0 aliphatic rings. The highest BCUT2D eigenvalue weighted by atomic mass is 79.9. The van der Waals surface area contributed by atoms with Gasteiger partial charge >= 0.3 is 12.1 Å². The van der Waals surface area contributed by atoms with Gasteiger partial charge in [0.2, 0.25) is 0 Å². The number of hydrogen-bond acceptors (Lipinski definition) is 5. The van der Waals surface area contributed by atoms with E-state index in [0.29, 0.717) is 0 Å². The van der Waals surface area contributed by atoms with Crippen LogP contribution in [0, 0.1) is 0 Å². The number of nitrogens with zero attached hydrogens (tertiary/aromatic N) is 2. The summed E-state index contributed by atoms with van der Waals surface area (Å²) in [6.45, 7) is 0.951. The number of aromatic nitrogens is 2. The Balaban J connectivity index is 2.89. The van der Waals surface area contributed by atoms with Gasteiger partial charge < -0.3 is 10.1 Å². The number of hydrogen-bond donors (Lipinski definition) is 1. The summed E-state index contributed by atoms with van der Waals surface area (Å²) in [7, 11) is 1.16. The van der Waals surface area contributed by atoms with Crippen LogP contribution in [0.2, 0.25) is 0 Å². The summed E-state index contributed by atoms with van der Waals surface area (Å²) in [5.74, 6) is -0.664. The minimum atomic E-state index is -4.31. The molecule has 0 bridgehead atoms. The molecular weight excluding hydrogens is 359 g/mol. The van der Waals surface area contributed by atoms with Crippen LogP contribution >= 0.6 is 15.9 Å². The molecule has 0 fully saturated rings. The average Bonchev–Trinajstić information content (AvgIpc) is 2.36. The van der Waals surface area contributed by atoms with Crippen molar-refractivity contribution in [1.29, 1.82) is 0 Å². The fourth-order valence-corrected chi connectivity index (χ4v) is 1.95. The minimum absolute atomic E-state index is 0.00423. The molecular formula is C11H13BrF3N3O3. The van der Waals surface area contributed by atoms with E-state index in [-0.39, 0.29) is 16.7 Å². The van der Waals surface area contributed by atoms with Crippen LogP contribution in [0.1, 0.15) is 13.3 Å². The van der Waals surface area contributed by atoms with Crippen molar-refractivity contribution < 1.29 is 22.7 Å². The SMILES string of the molecule is COC(=O)Cn1ncc(NC(C)CC(F)(F)F)c(Br)c1=O. The average molecular weight is 372 g/mol. The molecule has 1 aromatic rings. The second-order valence-corrected chi connectivity index (χ2v) is 5.07. The largest absolute Gasteiger partial charge is 0.468 e. The number of methoxy groups -OCH3 is 1. The number of carbonyl (C=O) groups excluding carboxylic acids is 1. The van der Waals surface area contributed by atoms with E-state index in [1.54, 1.807) is 0 Å². The predicted octanol–water partition coefficient (Wildman–Crippen LogP) is 1.93. The van der Waals surface area contributed by atoms with Crippen LogP contribution in [0.4, 0.5) is 18.9 Å². The maximum absolute atomic E-state index is 12.3. The van der Waals surface area contributed by atoms with Crippen LogP contribution in [0.25, 0.3) is 0 Å². The molecule has 1 atom stereocenters. The van der Waals surface area contributed by atoms with E-state index < -0.39 is 30.2 Å². The molecule has 6 nitrogen and oxygen atoms in total. The summed E-state index contributed by atoms with van der Waals surface area (Å²) in [5, 5.41) is 6.25. The Morgan fingerprint density at radius 1 is 1.57 bits per heavy atom. The van der Waals surface area contributed by atoms with Gasteiger partial charge in [0.1, 0.15) is 11.0 Å². The lowest BCUT2D eigenvalue weighted by Crippen LogP contribution is -2.30. The van der Waals surface area contributed by atoms with Gasteiger partial charge in [-0.2, -0.15) is 18.3 Å². The molecule has 1 N–H and O–H groups in total. The van der Waals surface area contributed by atoms with Crippen molar-refractivity contribution in [2.45, 2.75) is 32.1 Å². The normalized spacial score (nSPS) is 12.9. The zero-order valence-corrected chi connectivity index (χ0v) is 12.8. The van der Waals surface area contributed by atoms with Gasteiger partial charge in [-0.25, -0.2) is 4.68 Å². The van der Waals surface area contributed by atoms with E-state index in [2.05, 4.69) is 31.1 Å². The molecule has 1 aromatic heterocycles. The van der Waals surface area contributed by atoms with Crippen LogP contribution in [-0.4, -0.2) is 35.1 Å². The van der Waals surface area contributed by atoms with Crippen LogP contribution in [0.15, 0.2) is 15.5 Å². The van der Waals surface area contributed by atoms with Gasteiger partial charge in [-0.05, 0) is 22.9 Å². The number of esters is 1. The van der Waals surface area contributed by atoms with Crippen LogP contribution < -0.4 is 10.9 Å². The fraction of sp³-hybridized carbons (Fsp3) is 0.545. The van der Waals surface area contributed by atoms with Crippen LogP contribution in [0.5, 0.6) is 0 Å². The third-order valence-corrected chi connectivity index (χ3v) is 3.20. The van der Waals surface area contributed by atoms with Gasteiger partial charge in [0.05, 0.1) is 25.4 Å². The van der Waals surface area contributed by atoms with E-state index in [4.69, 9.17) is 0 Å². The van der Waals surface area contributed by atoms with Gasteiger partial charge in [0.25, 0.3) is 5.56 Å². The van der Waals surface area contributed by atoms with Crippen molar-refractivity contribution in [2.75, 3.05) is 12.4 Å². The van der Waals surface area contributed by atoms with Crippen LogP contribution in [0.3, 0.4) is 0 Å². The van der Waals surface area contributed by atoms with Gasteiger partial charge in [-0.3, -0.25) is 9.59 Å². The quantitative estimate of drug-likeness (QED) is 0.800. The zero-order valence-electron chi connectivity index (χ0n) is 11.2. The molecule has 21 heavy (non-hydrogen) atoms. The summed E-state index contributed by atoms with van der Waals surface area (Å²) in [6.07, 6.45) is -4.20. The maximum Gasteiger partial charge on any atom is 0.391 e. The lowest BCUT2D eigenvalue weighted by atomic mass is 10.2. The number of carbonyl (C=O) groups is 1. The monoisotopic (exact) mass is 371 g/mol. The Kier molecular flexibility index (Phi) is 5.76. The van der Waals surface area contributed by atoms with E-state index in [1.807, 2.05) is 0 Å². The number of halogens is 4. The molecule has 1 unspecified atom stereocenters. The molecule has 1 heterocycles. The summed E-state index contributed by atoms with van der Waals surface area (Å²) in [6, 6.07) is -0.932. The zero-order chi connectivity index (χ0) is 16.2. The number of ether oxygens (including phenoxy) is 1. The molecule has 0 spiro atoms. The third kappa shape index (κ3) is 5.37. The Hall–Kier alpha value is -1.58. The molecule has 0 saturated heterocycles. The number of alkyl halides is 3. The van der Waals surface area contributed by atoms with Gasteiger partial charge in [0.15, 0.2) is 0 Å². The first kappa shape index (κ1) is 17.5. The van der Waals surface area contributed by atoms with E-state index in [1.165, 1.54) is 13.1 Å². The van der Waals surface area contributed by atoms with Crippen molar-refractivity contribution >= 4 is 27.6 Å². The first-order valence-corrected chi connectivity index (χ1v) is 6.59. The lowest BCUT2D eigenvalue weighted by molar-refractivity contribution is -0.141. The third-order valence-electron chi connectivity index (χ3n) is 2.43. The number of rotatable bonds is 5. The second-order valence-electron chi connectivity index (χ2n) is 4.28. The molecule has 0 aromatic carbocycles. The summed E-state index contributed by atoms with van der Waals surface area (Å²) >= 11 is 2.98. The lowest BCUT2D eigenvalue weighted by Gasteiger charge is -2.17. The molecule has 0 saturated carbocycles. The molecule has 118 valence electrons. The van der Waals surface area contributed by atoms with Crippen molar-refractivity contribution in [3.63, 3.8) is 0 Å². The molecule has 0 amide bonds. The van der Waals surface area contributed by atoms with Crippen molar-refractivity contribution in [3.8, 4) is 0 Å². The highest BCUT2D eigenvalue weighted by molar-refractivity contribution is 9.10. The molecule has 0 aliphatic carbocycles. The number of anilines is 1. The number of nitrogens with one attached hydrogen (secondary N) is 1. The Labute approximate surface area is 126 Å². The highest BCUT2D eigenvalue weighted by Crippen LogP contribution is 2.24. The second kappa shape index (κ2) is 6.92. The first-order valence-electron chi connectivity index (χ1n) is 5.79. The minimum Gasteiger partial charge on any atom is -0.468 e. The van der Waals surface area contributed by atoms with Gasteiger partial charge in [0, 0.05) is 6.04 Å². The Bertz CT molecular complexity index is 574. The highest BCUT2D eigenvalue weighted by Gasteiger charge is 2.30. The van der Waals surface area contributed by atoms with E-state index >= 15 is 0 Å². The summed E-state index contributed by atoms with van der Waals surface area (Å²) < 4.78 is 42.0. The summed E-state index contributed by atoms with van der Waals surface area (Å²) in [4.78, 5) is 23.0. The standard InChI is InChI=1S/C11H13BrF3N3O3/c1-6(3-11(13,14)15)17-7-4-16-18(5-8(19)21-2)10(20)9(7)12/h4,6,17H,3,5H2,1-2H3. The summed E-state index contributed by atoms with van der Waals surface area (Å²) in [5.41, 5.74) is -0.525. The van der Waals surface area contributed by atoms with E-state index in [0.717, 1.165) is 11.8 Å². The smallest absolute Gasteiger partial charge is 0.391 e. The van der Waals surface area contributed by atoms with Crippen molar-refractivity contribution in [3.05, 3.63) is 21.0 Å². The Morgan fingerprint density at radius 2 is 2.19 bits per heavy atom. The van der Waals surface area contributed by atoms with Crippen LogP contribution in [-0.2, 0) is 16.1 Å². The molecule has 0 radical (unpaired) electrons. The first-order chi connectivity index (χ1) is 9.64. The van der Waals surface area contributed by atoms with Crippen molar-refractivity contribution in [1.82, 2.24) is 9.78 Å². The van der Waals surface area contributed by atoms with E-state index in [9.17, 15) is 22.8 Å². The van der Waals surface area contributed by atoms with Gasteiger partial charge in [-0.15, -0.1) is 0 Å². The molecule has 1 rings (SSSR count). The molecule has 0 aliphatic heterocycles. The fourth-order valence-electron chi connectivity index (χ4n) is 1.53. The predicted molar refractivity (Wildman–Crippen MR) is 72.0 cm³/mol. The maximum atomic E-state index is 12.3. The Morgan fingerprint density at radius 3 is 2.71 bits per heavy atom.